The van der Waals surface area contributed by atoms with E-state index in [2.05, 4.69) is 20.3 Å². The van der Waals surface area contributed by atoms with Gasteiger partial charge in [-0.15, -0.1) is 5.10 Å². The Balaban J connectivity index is 1.63. The highest BCUT2D eigenvalue weighted by atomic mass is 16.2. The molecule has 1 aliphatic heterocycles. The van der Waals surface area contributed by atoms with Gasteiger partial charge in [-0.05, 0) is 19.8 Å². The van der Waals surface area contributed by atoms with Gasteiger partial charge in [-0.25, -0.2) is 9.67 Å². The van der Waals surface area contributed by atoms with Crippen LogP contribution in [0.2, 0.25) is 0 Å². The van der Waals surface area contributed by atoms with Crippen LogP contribution in [-0.2, 0) is 0 Å². The SMILES string of the molecule is Cc1cnc(C(=O)N2CCC(n3ccnn3)CC2)cn1. The molecule has 1 aliphatic rings. The summed E-state index contributed by atoms with van der Waals surface area (Å²) < 4.78 is 1.87. The van der Waals surface area contributed by atoms with Crippen LogP contribution in [0.1, 0.15) is 35.1 Å². The van der Waals surface area contributed by atoms with Crippen LogP contribution < -0.4 is 0 Å². The standard InChI is InChI=1S/C13H16N6O/c1-10-8-15-12(9-14-10)13(20)18-5-2-11(3-6-18)19-7-4-16-17-19/h4,7-9,11H,2-3,5-6H2,1H3. The summed E-state index contributed by atoms with van der Waals surface area (Å²) in [7, 11) is 0. The lowest BCUT2D eigenvalue weighted by Gasteiger charge is -2.31. The average molecular weight is 272 g/mol. The molecule has 0 unspecified atom stereocenters. The maximum Gasteiger partial charge on any atom is 0.274 e. The summed E-state index contributed by atoms with van der Waals surface area (Å²) in [4.78, 5) is 22.4. The highest BCUT2D eigenvalue weighted by molar-refractivity contribution is 5.92. The molecule has 2 aromatic rings. The minimum absolute atomic E-state index is 0.0467. The quantitative estimate of drug-likeness (QED) is 0.810. The topological polar surface area (TPSA) is 76.8 Å². The number of hydrogen-bond donors (Lipinski definition) is 0. The number of carbonyl (C=O) groups is 1. The monoisotopic (exact) mass is 272 g/mol. The van der Waals surface area contributed by atoms with Crippen LogP contribution in [0.15, 0.2) is 24.8 Å². The molecule has 0 spiro atoms. The molecule has 0 aliphatic carbocycles. The van der Waals surface area contributed by atoms with Crippen molar-refractivity contribution in [3.05, 3.63) is 36.2 Å². The van der Waals surface area contributed by atoms with E-state index in [1.54, 1.807) is 18.6 Å². The highest BCUT2D eigenvalue weighted by Crippen LogP contribution is 2.21. The van der Waals surface area contributed by atoms with E-state index in [-0.39, 0.29) is 5.91 Å². The number of amides is 1. The van der Waals surface area contributed by atoms with Crippen molar-refractivity contribution in [2.75, 3.05) is 13.1 Å². The van der Waals surface area contributed by atoms with Gasteiger partial charge in [0.1, 0.15) is 5.69 Å². The molecule has 0 saturated carbocycles. The average Bonchev–Trinajstić information content (AvgIpc) is 3.02. The molecular weight excluding hydrogens is 256 g/mol. The summed E-state index contributed by atoms with van der Waals surface area (Å²) in [6.45, 7) is 3.27. The van der Waals surface area contributed by atoms with Gasteiger partial charge < -0.3 is 4.90 Å². The van der Waals surface area contributed by atoms with Gasteiger partial charge in [0.15, 0.2) is 0 Å². The third-order valence-electron chi connectivity index (χ3n) is 3.57. The Hall–Kier alpha value is -2.31. The molecule has 0 aromatic carbocycles. The zero-order valence-corrected chi connectivity index (χ0v) is 11.3. The fraction of sp³-hybridized carbons (Fsp3) is 0.462. The second-order valence-corrected chi connectivity index (χ2v) is 4.95. The van der Waals surface area contributed by atoms with Gasteiger partial charge in [-0.1, -0.05) is 5.21 Å². The fourth-order valence-electron chi connectivity index (χ4n) is 2.41. The van der Waals surface area contributed by atoms with Crippen molar-refractivity contribution < 1.29 is 4.79 Å². The molecule has 1 fully saturated rings. The molecule has 20 heavy (non-hydrogen) atoms. The van der Waals surface area contributed by atoms with Gasteiger partial charge in [0.25, 0.3) is 5.91 Å². The van der Waals surface area contributed by atoms with E-state index < -0.39 is 0 Å². The summed E-state index contributed by atoms with van der Waals surface area (Å²) in [5, 5.41) is 7.84. The molecule has 7 nitrogen and oxygen atoms in total. The van der Waals surface area contributed by atoms with Crippen molar-refractivity contribution in [3.63, 3.8) is 0 Å². The Bertz CT molecular complexity index is 571. The predicted octanol–water partition coefficient (Wildman–Crippen LogP) is 0.854. The molecular formula is C13H16N6O. The Kier molecular flexibility index (Phi) is 3.41. The second kappa shape index (κ2) is 5.36. The Morgan fingerprint density at radius 3 is 2.65 bits per heavy atom. The third-order valence-corrected chi connectivity index (χ3v) is 3.57. The largest absolute Gasteiger partial charge is 0.337 e. The van der Waals surface area contributed by atoms with Gasteiger partial charge in [0, 0.05) is 25.5 Å². The number of carbonyl (C=O) groups excluding carboxylic acids is 1. The first-order chi connectivity index (χ1) is 9.74. The van der Waals surface area contributed by atoms with E-state index in [1.807, 2.05) is 22.7 Å². The van der Waals surface area contributed by atoms with Crippen LogP contribution in [-0.4, -0.2) is 48.9 Å². The van der Waals surface area contributed by atoms with Crippen molar-refractivity contribution in [2.45, 2.75) is 25.8 Å². The van der Waals surface area contributed by atoms with Crippen LogP contribution in [0.4, 0.5) is 0 Å². The summed E-state index contributed by atoms with van der Waals surface area (Å²) in [6.07, 6.45) is 8.48. The number of aryl methyl sites for hydroxylation is 1. The lowest BCUT2D eigenvalue weighted by atomic mass is 10.1. The molecule has 0 bridgehead atoms. The van der Waals surface area contributed by atoms with E-state index in [1.165, 1.54) is 0 Å². The van der Waals surface area contributed by atoms with Crippen molar-refractivity contribution in [1.29, 1.82) is 0 Å². The molecule has 7 heteroatoms. The molecule has 0 atom stereocenters. The van der Waals surface area contributed by atoms with Gasteiger partial charge in [-0.2, -0.15) is 0 Å². The summed E-state index contributed by atoms with van der Waals surface area (Å²) in [5.41, 5.74) is 1.22. The summed E-state index contributed by atoms with van der Waals surface area (Å²) >= 11 is 0. The number of hydrogen-bond acceptors (Lipinski definition) is 5. The minimum Gasteiger partial charge on any atom is -0.337 e. The first-order valence-electron chi connectivity index (χ1n) is 6.68. The summed E-state index contributed by atoms with van der Waals surface area (Å²) in [6, 6.07) is 0.325. The van der Waals surface area contributed by atoms with Gasteiger partial charge in [0.2, 0.25) is 0 Å². The molecule has 2 aromatic heterocycles. The van der Waals surface area contributed by atoms with Gasteiger partial charge in [-0.3, -0.25) is 9.78 Å². The van der Waals surface area contributed by atoms with E-state index in [0.29, 0.717) is 24.8 Å². The number of piperidine rings is 1. The number of rotatable bonds is 2. The molecule has 3 rings (SSSR count). The van der Waals surface area contributed by atoms with Crippen LogP contribution >= 0.6 is 0 Å². The zero-order chi connectivity index (χ0) is 13.9. The van der Waals surface area contributed by atoms with Gasteiger partial charge >= 0.3 is 0 Å². The van der Waals surface area contributed by atoms with Gasteiger partial charge in [0.05, 0.1) is 24.1 Å². The van der Waals surface area contributed by atoms with E-state index in [9.17, 15) is 4.79 Å². The number of likely N-dealkylation sites (tertiary alicyclic amines) is 1. The van der Waals surface area contributed by atoms with Crippen molar-refractivity contribution >= 4 is 5.91 Å². The molecule has 104 valence electrons. The van der Waals surface area contributed by atoms with Crippen LogP contribution in [0, 0.1) is 6.92 Å². The zero-order valence-electron chi connectivity index (χ0n) is 11.3. The molecule has 1 saturated heterocycles. The number of nitrogens with zero attached hydrogens (tertiary/aromatic N) is 6. The highest BCUT2D eigenvalue weighted by Gasteiger charge is 2.25. The normalized spacial score (nSPS) is 16.4. The first kappa shape index (κ1) is 12.7. The molecule has 3 heterocycles. The van der Waals surface area contributed by atoms with E-state index in [4.69, 9.17) is 0 Å². The van der Waals surface area contributed by atoms with Crippen LogP contribution in [0.25, 0.3) is 0 Å². The van der Waals surface area contributed by atoms with Crippen molar-refractivity contribution in [2.24, 2.45) is 0 Å². The maximum atomic E-state index is 12.3. The van der Waals surface area contributed by atoms with Crippen LogP contribution in [0.5, 0.6) is 0 Å². The van der Waals surface area contributed by atoms with E-state index in [0.717, 1.165) is 18.5 Å². The Labute approximate surface area is 116 Å². The third kappa shape index (κ3) is 2.52. The number of aromatic nitrogens is 5. The fourth-order valence-corrected chi connectivity index (χ4v) is 2.41. The van der Waals surface area contributed by atoms with Crippen molar-refractivity contribution in [1.82, 2.24) is 29.9 Å². The molecule has 0 radical (unpaired) electrons. The smallest absolute Gasteiger partial charge is 0.274 e. The second-order valence-electron chi connectivity index (χ2n) is 4.95. The lowest BCUT2D eigenvalue weighted by molar-refractivity contribution is 0.0683. The molecule has 0 N–H and O–H groups in total. The van der Waals surface area contributed by atoms with Crippen LogP contribution in [0.3, 0.4) is 0 Å². The maximum absolute atomic E-state index is 12.3. The Morgan fingerprint density at radius 1 is 1.25 bits per heavy atom. The Morgan fingerprint density at radius 2 is 2.05 bits per heavy atom. The summed E-state index contributed by atoms with van der Waals surface area (Å²) in [5.74, 6) is -0.0467. The van der Waals surface area contributed by atoms with E-state index >= 15 is 0 Å². The van der Waals surface area contributed by atoms with Crippen molar-refractivity contribution in [3.8, 4) is 0 Å². The lowest BCUT2D eigenvalue weighted by Crippen LogP contribution is -2.39. The molecule has 1 amide bonds. The first-order valence-corrected chi connectivity index (χ1v) is 6.68. The predicted molar refractivity (Wildman–Crippen MR) is 71.0 cm³/mol. The minimum atomic E-state index is -0.0467.